The zero-order valence-corrected chi connectivity index (χ0v) is 10.3. The lowest BCUT2D eigenvalue weighted by Gasteiger charge is -2.36. The van der Waals surface area contributed by atoms with Gasteiger partial charge in [-0.05, 0) is 43.5 Å². The van der Waals surface area contributed by atoms with Crippen molar-refractivity contribution in [1.29, 1.82) is 0 Å². The minimum atomic E-state index is 0.493. The molecule has 0 saturated carbocycles. The van der Waals surface area contributed by atoms with Gasteiger partial charge in [-0.15, -0.1) is 0 Å². The molecule has 1 fully saturated rings. The molecule has 0 atom stereocenters. The average Bonchev–Trinajstić information content (AvgIpc) is 2.69. The van der Waals surface area contributed by atoms with E-state index in [0.29, 0.717) is 12.0 Å². The van der Waals surface area contributed by atoms with E-state index in [1.54, 1.807) is 0 Å². The van der Waals surface area contributed by atoms with E-state index in [0.717, 1.165) is 18.1 Å². The van der Waals surface area contributed by atoms with Crippen LogP contribution in [-0.2, 0) is 13.1 Å². The van der Waals surface area contributed by atoms with Gasteiger partial charge in [0.25, 0.3) is 0 Å². The summed E-state index contributed by atoms with van der Waals surface area (Å²) in [6, 6.07) is 4.02. The minimum Gasteiger partial charge on any atom is -0.463 e. The van der Waals surface area contributed by atoms with Crippen LogP contribution >= 0.6 is 0 Å². The highest BCUT2D eigenvalue weighted by molar-refractivity contribution is 5.06. The van der Waals surface area contributed by atoms with E-state index in [1.165, 1.54) is 25.9 Å². The summed E-state index contributed by atoms with van der Waals surface area (Å²) in [6.45, 7) is 8.47. The van der Waals surface area contributed by atoms with Crippen molar-refractivity contribution in [2.24, 2.45) is 11.1 Å². The van der Waals surface area contributed by atoms with Gasteiger partial charge >= 0.3 is 0 Å². The normalized spacial score (nSPS) is 21.2. The van der Waals surface area contributed by atoms with E-state index in [-0.39, 0.29) is 0 Å². The Bertz CT molecular complexity index is 333. The maximum atomic E-state index is 5.62. The van der Waals surface area contributed by atoms with Gasteiger partial charge < -0.3 is 10.2 Å². The van der Waals surface area contributed by atoms with Gasteiger partial charge in [-0.25, -0.2) is 0 Å². The third kappa shape index (κ3) is 2.86. The first-order valence-electron chi connectivity index (χ1n) is 6.09. The van der Waals surface area contributed by atoms with Crippen molar-refractivity contribution in [3.8, 4) is 0 Å². The molecule has 0 amide bonds. The van der Waals surface area contributed by atoms with E-state index in [4.69, 9.17) is 10.2 Å². The Hall–Kier alpha value is -0.800. The molecule has 3 nitrogen and oxygen atoms in total. The first-order chi connectivity index (χ1) is 7.59. The Kier molecular flexibility index (Phi) is 3.36. The highest BCUT2D eigenvalue weighted by Crippen LogP contribution is 2.30. The number of hydrogen-bond acceptors (Lipinski definition) is 3. The van der Waals surface area contributed by atoms with Crippen molar-refractivity contribution in [2.45, 2.75) is 39.8 Å². The molecule has 0 radical (unpaired) electrons. The summed E-state index contributed by atoms with van der Waals surface area (Å²) in [5.41, 5.74) is 6.04. The van der Waals surface area contributed by atoms with Crippen molar-refractivity contribution in [2.75, 3.05) is 13.1 Å². The maximum absolute atomic E-state index is 5.62. The van der Waals surface area contributed by atoms with Gasteiger partial charge in [-0.1, -0.05) is 13.8 Å². The van der Waals surface area contributed by atoms with Crippen LogP contribution in [-0.4, -0.2) is 18.0 Å². The SMILES string of the molecule is CC1(C)CCN(Cc2ccc(CN)o2)CC1. The Morgan fingerprint density at radius 1 is 1.25 bits per heavy atom. The molecular weight excluding hydrogens is 200 g/mol. The number of nitrogens with two attached hydrogens (primary N) is 1. The van der Waals surface area contributed by atoms with E-state index in [1.807, 2.05) is 12.1 Å². The first-order valence-corrected chi connectivity index (χ1v) is 6.09. The summed E-state index contributed by atoms with van der Waals surface area (Å²) in [6.07, 6.45) is 2.55. The van der Waals surface area contributed by atoms with Crippen molar-refractivity contribution < 1.29 is 4.42 Å². The number of likely N-dealkylation sites (tertiary alicyclic amines) is 1. The second-order valence-electron chi connectivity index (χ2n) is 5.51. The minimum absolute atomic E-state index is 0.493. The van der Waals surface area contributed by atoms with Gasteiger partial charge in [0, 0.05) is 0 Å². The van der Waals surface area contributed by atoms with Crippen LogP contribution in [0.15, 0.2) is 16.5 Å². The van der Waals surface area contributed by atoms with Gasteiger partial charge in [-0.2, -0.15) is 0 Å². The van der Waals surface area contributed by atoms with E-state index in [9.17, 15) is 0 Å². The second kappa shape index (κ2) is 4.60. The van der Waals surface area contributed by atoms with Crippen LogP contribution in [0.5, 0.6) is 0 Å². The molecule has 0 spiro atoms. The summed E-state index contributed by atoms with van der Waals surface area (Å²) in [5.74, 6) is 1.92. The first kappa shape index (κ1) is 11.7. The van der Waals surface area contributed by atoms with Crippen LogP contribution in [0.25, 0.3) is 0 Å². The lowest BCUT2D eigenvalue weighted by Crippen LogP contribution is -2.36. The molecule has 16 heavy (non-hydrogen) atoms. The molecule has 1 aliphatic rings. The lowest BCUT2D eigenvalue weighted by atomic mass is 9.83. The monoisotopic (exact) mass is 222 g/mol. The Morgan fingerprint density at radius 2 is 1.88 bits per heavy atom. The number of rotatable bonds is 3. The van der Waals surface area contributed by atoms with Gasteiger partial charge in [0.1, 0.15) is 11.5 Å². The predicted octanol–water partition coefficient (Wildman–Crippen LogP) is 2.36. The molecule has 0 aromatic carbocycles. The molecule has 0 bridgehead atoms. The fourth-order valence-electron chi connectivity index (χ4n) is 2.15. The Morgan fingerprint density at radius 3 is 2.44 bits per heavy atom. The molecule has 2 rings (SSSR count). The molecule has 1 saturated heterocycles. The molecular formula is C13H22N2O. The standard InChI is InChI=1S/C13H22N2O/c1-13(2)5-7-15(8-6-13)10-12-4-3-11(9-14)16-12/h3-4H,5-10,14H2,1-2H3. The molecule has 2 heterocycles. The van der Waals surface area contributed by atoms with Crippen LogP contribution in [0.2, 0.25) is 0 Å². The number of hydrogen-bond donors (Lipinski definition) is 1. The smallest absolute Gasteiger partial charge is 0.118 e. The van der Waals surface area contributed by atoms with Crippen LogP contribution < -0.4 is 5.73 Å². The Balaban J connectivity index is 1.87. The summed E-state index contributed by atoms with van der Waals surface area (Å²) in [4.78, 5) is 2.46. The Labute approximate surface area is 97.6 Å². The quantitative estimate of drug-likeness (QED) is 0.853. The molecule has 90 valence electrons. The topological polar surface area (TPSA) is 42.4 Å². The highest BCUT2D eigenvalue weighted by atomic mass is 16.3. The highest BCUT2D eigenvalue weighted by Gasteiger charge is 2.25. The van der Waals surface area contributed by atoms with Crippen LogP contribution in [0.3, 0.4) is 0 Å². The van der Waals surface area contributed by atoms with Crippen molar-refractivity contribution in [3.63, 3.8) is 0 Å². The summed E-state index contributed by atoms with van der Waals surface area (Å²) in [7, 11) is 0. The summed E-state index contributed by atoms with van der Waals surface area (Å²) >= 11 is 0. The van der Waals surface area contributed by atoms with E-state index < -0.39 is 0 Å². The fourth-order valence-corrected chi connectivity index (χ4v) is 2.15. The molecule has 0 unspecified atom stereocenters. The fraction of sp³-hybridized carbons (Fsp3) is 0.692. The molecule has 2 N–H and O–H groups in total. The maximum Gasteiger partial charge on any atom is 0.118 e. The van der Waals surface area contributed by atoms with Crippen LogP contribution in [0.4, 0.5) is 0 Å². The molecule has 0 aliphatic carbocycles. The molecule has 3 heteroatoms. The van der Waals surface area contributed by atoms with Gasteiger partial charge in [0.2, 0.25) is 0 Å². The van der Waals surface area contributed by atoms with Crippen molar-refractivity contribution in [3.05, 3.63) is 23.7 Å². The number of piperidine rings is 1. The third-order valence-electron chi connectivity index (χ3n) is 3.51. The number of furan rings is 1. The zero-order chi connectivity index (χ0) is 11.6. The van der Waals surface area contributed by atoms with Gasteiger partial charge in [0.15, 0.2) is 0 Å². The van der Waals surface area contributed by atoms with Crippen molar-refractivity contribution in [1.82, 2.24) is 4.90 Å². The van der Waals surface area contributed by atoms with Gasteiger partial charge in [-0.3, -0.25) is 4.90 Å². The third-order valence-corrected chi connectivity index (χ3v) is 3.51. The van der Waals surface area contributed by atoms with E-state index in [2.05, 4.69) is 18.7 Å². The summed E-state index contributed by atoms with van der Waals surface area (Å²) < 4.78 is 5.62. The molecule has 1 aliphatic heterocycles. The zero-order valence-electron chi connectivity index (χ0n) is 10.3. The number of nitrogens with zero attached hydrogens (tertiary/aromatic N) is 1. The van der Waals surface area contributed by atoms with Gasteiger partial charge in [0.05, 0.1) is 13.1 Å². The predicted molar refractivity (Wildman–Crippen MR) is 64.9 cm³/mol. The second-order valence-corrected chi connectivity index (χ2v) is 5.51. The molecule has 1 aromatic rings. The largest absolute Gasteiger partial charge is 0.463 e. The van der Waals surface area contributed by atoms with Crippen LogP contribution in [0, 0.1) is 5.41 Å². The lowest BCUT2D eigenvalue weighted by molar-refractivity contribution is 0.120. The van der Waals surface area contributed by atoms with E-state index >= 15 is 0 Å². The molecule has 1 aromatic heterocycles. The van der Waals surface area contributed by atoms with Crippen LogP contribution in [0.1, 0.15) is 38.2 Å². The summed E-state index contributed by atoms with van der Waals surface area (Å²) in [5, 5.41) is 0. The van der Waals surface area contributed by atoms with Crippen molar-refractivity contribution >= 4 is 0 Å². The average molecular weight is 222 g/mol.